The normalized spacial score (nSPS) is 15.6. The summed E-state index contributed by atoms with van der Waals surface area (Å²) in [7, 11) is -2.45. The van der Waals surface area contributed by atoms with Crippen LogP contribution >= 0.6 is 0 Å². The average molecular weight is 442 g/mol. The summed E-state index contributed by atoms with van der Waals surface area (Å²) >= 11 is 0. The summed E-state index contributed by atoms with van der Waals surface area (Å²) in [6.45, 7) is 5.45. The molecule has 2 heterocycles. The van der Waals surface area contributed by atoms with Crippen molar-refractivity contribution in [1.82, 2.24) is 9.62 Å². The monoisotopic (exact) mass is 442 g/mol. The molecule has 1 aromatic heterocycles. The van der Waals surface area contributed by atoms with Crippen LogP contribution in [0.2, 0.25) is 0 Å². The van der Waals surface area contributed by atoms with E-state index in [-0.39, 0.29) is 35.0 Å². The number of ether oxygens (including phenoxy) is 1. The Bertz CT molecular complexity index is 1180. The zero-order chi connectivity index (χ0) is 22.6. The highest BCUT2D eigenvalue weighted by Gasteiger charge is 2.36. The molecule has 31 heavy (non-hydrogen) atoms. The fourth-order valence-electron chi connectivity index (χ4n) is 3.14. The first-order valence-corrected chi connectivity index (χ1v) is 10.8. The van der Waals surface area contributed by atoms with Crippen molar-refractivity contribution in [2.45, 2.75) is 18.4 Å². The van der Waals surface area contributed by atoms with Crippen molar-refractivity contribution in [3.05, 3.63) is 83.5 Å². The van der Waals surface area contributed by atoms with Crippen LogP contribution in [0.5, 0.6) is 0 Å². The Balaban J connectivity index is 1.82. The molecule has 0 radical (unpaired) electrons. The van der Waals surface area contributed by atoms with Crippen LogP contribution in [0, 0.1) is 0 Å². The maximum atomic E-state index is 12.8. The summed E-state index contributed by atoms with van der Waals surface area (Å²) in [6, 6.07) is 11.2. The van der Waals surface area contributed by atoms with Gasteiger partial charge in [0.25, 0.3) is 5.91 Å². The molecule has 0 saturated heterocycles. The van der Waals surface area contributed by atoms with Crippen molar-refractivity contribution in [2.75, 3.05) is 13.7 Å². The molecule has 0 unspecified atom stereocenters. The Hall–Kier alpha value is -3.43. The number of carbonyl (C=O) groups is 2. The largest absolute Gasteiger partial charge is 0.465 e. The molecule has 2 aromatic rings. The third kappa shape index (κ3) is 4.68. The number of nitrogens with one attached hydrogen (secondary N) is 1. The minimum Gasteiger partial charge on any atom is -0.465 e. The molecular formula is C22H22N2O6S. The summed E-state index contributed by atoms with van der Waals surface area (Å²) in [5, 5.41) is 0. The SMILES string of the molecule is C=CCN1C(=O)/C(=C/c2ccc(CNS(=O)(=O)c3ccccc3)o2)C(C(=O)OC)=C1C. The molecule has 1 aliphatic heterocycles. The van der Waals surface area contributed by atoms with E-state index in [1.54, 1.807) is 43.3 Å². The van der Waals surface area contributed by atoms with Crippen molar-refractivity contribution in [3.8, 4) is 0 Å². The lowest BCUT2D eigenvalue weighted by Gasteiger charge is -2.14. The molecule has 8 nitrogen and oxygen atoms in total. The molecule has 0 saturated carbocycles. The number of allylic oxidation sites excluding steroid dienone is 1. The summed E-state index contributed by atoms with van der Waals surface area (Å²) < 4.78 is 37.6. The molecule has 1 aliphatic rings. The average Bonchev–Trinajstić information content (AvgIpc) is 3.31. The predicted octanol–water partition coefficient (Wildman–Crippen LogP) is 2.62. The Morgan fingerprint density at radius 1 is 1.23 bits per heavy atom. The van der Waals surface area contributed by atoms with E-state index in [1.807, 2.05) is 0 Å². The van der Waals surface area contributed by atoms with Gasteiger partial charge in [-0.1, -0.05) is 24.3 Å². The molecule has 1 N–H and O–H groups in total. The van der Waals surface area contributed by atoms with E-state index in [1.165, 1.54) is 30.2 Å². The summed E-state index contributed by atoms with van der Waals surface area (Å²) in [6.07, 6.45) is 3.00. The van der Waals surface area contributed by atoms with E-state index in [0.717, 1.165) is 0 Å². The van der Waals surface area contributed by atoms with Crippen molar-refractivity contribution in [2.24, 2.45) is 0 Å². The summed E-state index contributed by atoms with van der Waals surface area (Å²) in [5.41, 5.74) is 0.749. The minimum absolute atomic E-state index is 0.0737. The van der Waals surface area contributed by atoms with Gasteiger partial charge < -0.3 is 14.1 Å². The van der Waals surface area contributed by atoms with Gasteiger partial charge in [0.2, 0.25) is 10.0 Å². The number of amides is 1. The number of hydrogen-bond acceptors (Lipinski definition) is 6. The number of carbonyl (C=O) groups excluding carboxylic acids is 2. The lowest BCUT2D eigenvalue weighted by molar-refractivity contribution is -0.136. The lowest BCUT2D eigenvalue weighted by atomic mass is 10.1. The standard InChI is InChI=1S/C22H22N2O6S/c1-4-12-24-15(2)20(22(26)29-3)19(21(24)25)13-16-10-11-17(30-16)14-23-31(27,28)18-8-6-5-7-9-18/h4-11,13,23H,1,12,14H2,2-3H3/b19-13+. The van der Waals surface area contributed by atoms with Crippen LogP contribution in [-0.2, 0) is 30.9 Å². The highest BCUT2D eigenvalue weighted by Crippen LogP contribution is 2.31. The van der Waals surface area contributed by atoms with E-state index in [2.05, 4.69) is 11.3 Å². The summed E-state index contributed by atoms with van der Waals surface area (Å²) in [5.74, 6) is -0.362. The van der Waals surface area contributed by atoms with Crippen molar-refractivity contribution < 1.29 is 27.2 Å². The minimum atomic E-state index is -3.69. The molecular weight excluding hydrogens is 420 g/mol. The van der Waals surface area contributed by atoms with Gasteiger partial charge in [0, 0.05) is 12.2 Å². The zero-order valence-electron chi connectivity index (χ0n) is 17.1. The second kappa shape index (κ2) is 9.15. The molecule has 1 aromatic carbocycles. The topological polar surface area (TPSA) is 106 Å². The van der Waals surface area contributed by atoms with Crippen LogP contribution in [0.3, 0.4) is 0 Å². The van der Waals surface area contributed by atoms with E-state index in [4.69, 9.17) is 9.15 Å². The van der Waals surface area contributed by atoms with E-state index < -0.39 is 16.0 Å². The highest BCUT2D eigenvalue weighted by atomic mass is 32.2. The molecule has 0 bridgehead atoms. The zero-order valence-corrected chi connectivity index (χ0v) is 17.9. The second-order valence-electron chi connectivity index (χ2n) is 6.66. The summed E-state index contributed by atoms with van der Waals surface area (Å²) in [4.78, 5) is 26.6. The van der Waals surface area contributed by atoms with Crippen LogP contribution in [0.25, 0.3) is 6.08 Å². The molecule has 3 rings (SSSR count). The maximum absolute atomic E-state index is 12.8. The first kappa shape index (κ1) is 22.3. The quantitative estimate of drug-likeness (QED) is 0.383. The smallest absolute Gasteiger partial charge is 0.340 e. The Labute approximate surface area is 180 Å². The van der Waals surface area contributed by atoms with Gasteiger partial charge in [0.15, 0.2) is 0 Å². The second-order valence-corrected chi connectivity index (χ2v) is 8.42. The maximum Gasteiger partial charge on any atom is 0.340 e. The number of sulfonamides is 1. The molecule has 9 heteroatoms. The third-order valence-electron chi connectivity index (χ3n) is 4.67. The van der Waals surface area contributed by atoms with Gasteiger partial charge >= 0.3 is 5.97 Å². The van der Waals surface area contributed by atoms with Crippen molar-refractivity contribution >= 4 is 28.0 Å². The van der Waals surface area contributed by atoms with Crippen LogP contribution in [0.1, 0.15) is 18.4 Å². The van der Waals surface area contributed by atoms with Gasteiger partial charge in [0.1, 0.15) is 11.5 Å². The van der Waals surface area contributed by atoms with E-state index >= 15 is 0 Å². The Morgan fingerprint density at radius 2 is 1.94 bits per heavy atom. The number of benzene rings is 1. The van der Waals surface area contributed by atoms with E-state index in [0.29, 0.717) is 17.2 Å². The highest BCUT2D eigenvalue weighted by molar-refractivity contribution is 7.89. The number of furan rings is 1. The van der Waals surface area contributed by atoms with Gasteiger partial charge in [0.05, 0.1) is 29.7 Å². The van der Waals surface area contributed by atoms with Gasteiger partial charge in [-0.3, -0.25) is 4.79 Å². The first-order chi connectivity index (χ1) is 14.8. The Kier molecular flexibility index (Phi) is 6.57. The number of methoxy groups -OCH3 is 1. The van der Waals surface area contributed by atoms with Gasteiger partial charge in [-0.2, -0.15) is 0 Å². The predicted molar refractivity (Wildman–Crippen MR) is 114 cm³/mol. The van der Waals surface area contributed by atoms with Crippen LogP contribution in [0.15, 0.2) is 81.3 Å². The van der Waals surface area contributed by atoms with Crippen LogP contribution in [0.4, 0.5) is 0 Å². The van der Waals surface area contributed by atoms with Crippen molar-refractivity contribution in [3.63, 3.8) is 0 Å². The molecule has 0 aliphatic carbocycles. The number of nitrogens with zero attached hydrogens (tertiary/aromatic N) is 1. The Morgan fingerprint density at radius 3 is 2.58 bits per heavy atom. The van der Waals surface area contributed by atoms with Gasteiger partial charge in [-0.15, -0.1) is 6.58 Å². The van der Waals surface area contributed by atoms with E-state index in [9.17, 15) is 18.0 Å². The number of hydrogen-bond donors (Lipinski definition) is 1. The van der Waals surface area contributed by atoms with Crippen LogP contribution in [-0.4, -0.2) is 38.8 Å². The number of rotatable bonds is 8. The molecule has 162 valence electrons. The third-order valence-corrected chi connectivity index (χ3v) is 6.09. The molecule has 1 amide bonds. The van der Waals surface area contributed by atoms with Gasteiger partial charge in [-0.25, -0.2) is 17.9 Å². The lowest BCUT2D eigenvalue weighted by Crippen LogP contribution is -2.24. The molecule has 0 atom stereocenters. The fourth-order valence-corrected chi connectivity index (χ4v) is 4.15. The fraction of sp³-hybridized carbons (Fsp3) is 0.182. The van der Waals surface area contributed by atoms with Crippen molar-refractivity contribution in [1.29, 1.82) is 0 Å². The molecule has 0 spiro atoms. The first-order valence-electron chi connectivity index (χ1n) is 9.36. The molecule has 0 fully saturated rings. The van der Waals surface area contributed by atoms with Crippen LogP contribution < -0.4 is 4.72 Å². The number of esters is 1. The van der Waals surface area contributed by atoms with Gasteiger partial charge in [-0.05, 0) is 37.3 Å².